The molecule has 20 heavy (non-hydrogen) atoms. The van der Waals surface area contributed by atoms with Crippen LogP contribution in [0.15, 0.2) is 30.3 Å². The molecule has 1 nitrogen and oxygen atoms in total. The molecule has 0 amide bonds. The molecule has 0 bridgehead atoms. The standard InChI is InChI=1S/C15H13ClF3N/c1-8-5-14(19)15(7-13(8)18)20-9(2)10-3-4-12(17)11(16)6-10/h3-7,9,20H,1-2H3. The molecule has 106 valence electrons. The first-order chi connectivity index (χ1) is 9.38. The van der Waals surface area contributed by atoms with Crippen LogP contribution in [0.2, 0.25) is 5.02 Å². The van der Waals surface area contributed by atoms with E-state index in [2.05, 4.69) is 5.32 Å². The van der Waals surface area contributed by atoms with Crippen molar-refractivity contribution in [3.05, 3.63) is 63.9 Å². The summed E-state index contributed by atoms with van der Waals surface area (Å²) in [6.45, 7) is 3.24. The number of aryl methyl sites for hydroxylation is 1. The first kappa shape index (κ1) is 14.7. The minimum Gasteiger partial charge on any atom is -0.376 e. The molecule has 0 aliphatic rings. The first-order valence-electron chi connectivity index (χ1n) is 6.05. The molecular weight excluding hydrogens is 287 g/mol. The molecule has 1 N–H and O–H groups in total. The van der Waals surface area contributed by atoms with E-state index in [1.165, 1.54) is 19.1 Å². The predicted octanol–water partition coefficient (Wildman–Crippen LogP) is 5.24. The third-order valence-electron chi connectivity index (χ3n) is 3.06. The molecule has 0 heterocycles. The quantitative estimate of drug-likeness (QED) is 0.817. The summed E-state index contributed by atoms with van der Waals surface area (Å²) < 4.78 is 40.3. The SMILES string of the molecule is Cc1cc(F)c(NC(C)c2ccc(F)c(Cl)c2)cc1F. The van der Waals surface area contributed by atoms with Gasteiger partial charge < -0.3 is 5.32 Å². The fourth-order valence-corrected chi connectivity index (χ4v) is 2.04. The van der Waals surface area contributed by atoms with Gasteiger partial charge in [0.15, 0.2) is 0 Å². The number of nitrogens with one attached hydrogen (secondary N) is 1. The lowest BCUT2D eigenvalue weighted by atomic mass is 10.1. The molecule has 2 aromatic carbocycles. The minimum absolute atomic E-state index is 0.00768. The second-order valence-electron chi connectivity index (χ2n) is 4.62. The highest BCUT2D eigenvalue weighted by Crippen LogP contribution is 2.26. The van der Waals surface area contributed by atoms with Gasteiger partial charge in [0.25, 0.3) is 0 Å². The van der Waals surface area contributed by atoms with E-state index in [0.29, 0.717) is 5.56 Å². The maximum atomic E-state index is 13.7. The summed E-state index contributed by atoms with van der Waals surface area (Å²) in [6, 6.07) is 6.12. The number of halogens is 4. The van der Waals surface area contributed by atoms with E-state index >= 15 is 0 Å². The van der Waals surface area contributed by atoms with Crippen LogP contribution in [-0.2, 0) is 0 Å². The predicted molar refractivity (Wildman–Crippen MR) is 74.5 cm³/mol. The van der Waals surface area contributed by atoms with E-state index in [1.807, 2.05) is 0 Å². The molecule has 0 fully saturated rings. The van der Waals surface area contributed by atoms with Crippen molar-refractivity contribution >= 4 is 17.3 Å². The van der Waals surface area contributed by atoms with E-state index in [9.17, 15) is 13.2 Å². The van der Waals surface area contributed by atoms with Crippen molar-refractivity contribution in [2.24, 2.45) is 0 Å². The Balaban J connectivity index is 2.25. The van der Waals surface area contributed by atoms with Crippen molar-refractivity contribution in [2.75, 3.05) is 5.32 Å². The molecule has 0 spiro atoms. The molecular formula is C15H13ClF3N. The summed E-state index contributed by atoms with van der Waals surface area (Å²) in [5, 5.41) is 2.84. The second-order valence-corrected chi connectivity index (χ2v) is 5.03. The Bertz CT molecular complexity index is 643. The zero-order valence-electron chi connectivity index (χ0n) is 11.0. The third kappa shape index (κ3) is 3.07. The van der Waals surface area contributed by atoms with Crippen molar-refractivity contribution in [1.82, 2.24) is 0 Å². The van der Waals surface area contributed by atoms with Gasteiger partial charge in [-0.15, -0.1) is 0 Å². The highest BCUT2D eigenvalue weighted by atomic mass is 35.5. The van der Waals surface area contributed by atoms with Gasteiger partial charge in [0.2, 0.25) is 0 Å². The summed E-state index contributed by atoms with van der Waals surface area (Å²) in [6.07, 6.45) is 0. The summed E-state index contributed by atoms with van der Waals surface area (Å²) >= 11 is 5.70. The van der Waals surface area contributed by atoms with Crippen LogP contribution in [0.3, 0.4) is 0 Å². The van der Waals surface area contributed by atoms with E-state index in [1.54, 1.807) is 13.0 Å². The van der Waals surface area contributed by atoms with Gasteiger partial charge in [-0.25, -0.2) is 13.2 Å². The molecule has 0 aliphatic heterocycles. The lowest BCUT2D eigenvalue weighted by molar-refractivity contribution is 0.593. The average Bonchev–Trinajstić information content (AvgIpc) is 2.39. The summed E-state index contributed by atoms with van der Waals surface area (Å²) in [5.74, 6) is -1.54. The van der Waals surface area contributed by atoms with Crippen molar-refractivity contribution in [3.8, 4) is 0 Å². The summed E-state index contributed by atoms with van der Waals surface area (Å²) in [5.41, 5.74) is 0.975. The Hall–Kier alpha value is -1.68. The van der Waals surface area contributed by atoms with Crippen molar-refractivity contribution in [3.63, 3.8) is 0 Å². The third-order valence-corrected chi connectivity index (χ3v) is 3.35. The Morgan fingerprint density at radius 3 is 2.35 bits per heavy atom. The highest BCUT2D eigenvalue weighted by molar-refractivity contribution is 6.30. The molecule has 0 aromatic heterocycles. The van der Waals surface area contributed by atoms with Gasteiger partial charge >= 0.3 is 0 Å². The largest absolute Gasteiger partial charge is 0.376 e. The van der Waals surface area contributed by atoms with Gasteiger partial charge in [-0.2, -0.15) is 0 Å². The number of benzene rings is 2. The van der Waals surface area contributed by atoms with Crippen LogP contribution in [0.5, 0.6) is 0 Å². The minimum atomic E-state index is -0.538. The van der Waals surface area contributed by atoms with Crippen LogP contribution >= 0.6 is 11.6 Å². The van der Waals surface area contributed by atoms with Gasteiger partial charge in [0, 0.05) is 12.1 Å². The van der Waals surface area contributed by atoms with Gasteiger partial charge in [-0.3, -0.25) is 0 Å². The van der Waals surface area contributed by atoms with Crippen LogP contribution in [0, 0.1) is 24.4 Å². The van der Waals surface area contributed by atoms with E-state index in [4.69, 9.17) is 11.6 Å². The van der Waals surface area contributed by atoms with Gasteiger partial charge in [-0.05, 0) is 43.2 Å². The monoisotopic (exact) mass is 299 g/mol. The lowest BCUT2D eigenvalue weighted by Gasteiger charge is -2.17. The molecule has 1 atom stereocenters. The maximum Gasteiger partial charge on any atom is 0.146 e. The number of hydrogen-bond acceptors (Lipinski definition) is 1. The lowest BCUT2D eigenvalue weighted by Crippen LogP contribution is -2.09. The van der Waals surface area contributed by atoms with Crippen molar-refractivity contribution in [1.29, 1.82) is 0 Å². The normalized spacial score (nSPS) is 12.3. The Morgan fingerprint density at radius 2 is 1.70 bits per heavy atom. The van der Waals surface area contributed by atoms with Crippen LogP contribution in [0.25, 0.3) is 0 Å². The first-order valence-corrected chi connectivity index (χ1v) is 6.43. The van der Waals surface area contributed by atoms with Crippen LogP contribution in [0.1, 0.15) is 24.1 Å². The van der Waals surface area contributed by atoms with E-state index in [-0.39, 0.29) is 22.3 Å². The van der Waals surface area contributed by atoms with Gasteiger partial charge in [0.1, 0.15) is 17.5 Å². The van der Waals surface area contributed by atoms with Crippen LogP contribution in [0.4, 0.5) is 18.9 Å². The highest BCUT2D eigenvalue weighted by Gasteiger charge is 2.12. The average molecular weight is 300 g/mol. The van der Waals surface area contributed by atoms with Crippen LogP contribution in [-0.4, -0.2) is 0 Å². The number of hydrogen-bond donors (Lipinski definition) is 1. The Kier molecular flexibility index (Phi) is 4.23. The molecule has 0 saturated heterocycles. The number of rotatable bonds is 3. The molecule has 0 saturated carbocycles. The fourth-order valence-electron chi connectivity index (χ4n) is 1.86. The Labute approximate surface area is 120 Å². The zero-order valence-corrected chi connectivity index (χ0v) is 11.7. The van der Waals surface area contributed by atoms with Gasteiger partial charge in [0.05, 0.1) is 10.7 Å². The summed E-state index contributed by atoms with van der Waals surface area (Å²) in [4.78, 5) is 0. The molecule has 5 heteroatoms. The van der Waals surface area contributed by atoms with E-state index in [0.717, 1.165) is 12.1 Å². The van der Waals surface area contributed by atoms with Crippen LogP contribution < -0.4 is 5.32 Å². The van der Waals surface area contributed by atoms with Crippen molar-refractivity contribution in [2.45, 2.75) is 19.9 Å². The number of anilines is 1. The Morgan fingerprint density at radius 1 is 1.00 bits per heavy atom. The van der Waals surface area contributed by atoms with Crippen molar-refractivity contribution < 1.29 is 13.2 Å². The molecule has 2 aromatic rings. The topological polar surface area (TPSA) is 12.0 Å². The molecule has 0 aliphatic carbocycles. The molecule has 2 rings (SSSR count). The summed E-state index contributed by atoms with van der Waals surface area (Å²) in [7, 11) is 0. The molecule has 1 unspecified atom stereocenters. The smallest absolute Gasteiger partial charge is 0.146 e. The second kappa shape index (κ2) is 5.75. The molecule has 0 radical (unpaired) electrons. The zero-order chi connectivity index (χ0) is 14.9. The van der Waals surface area contributed by atoms with Gasteiger partial charge in [-0.1, -0.05) is 17.7 Å². The maximum absolute atomic E-state index is 13.7. The fraction of sp³-hybridized carbons (Fsp3) is 0.200. The van der Waals surface area contributed by atoms with E-state index < -0.39 is 17.5 Å².